The van der Waals surface area contributed by atoms with Crippen molar-refractivity contribution >= 4 is 17.1 Å². The van der Waals surface area contributed by atoms with Gasteiger partial charge in [-0.3, -0.25) is 0 Å². The third kappa shape index (κ3) is 4.75. The molecule has 4 saturated carbocycles. The van der Waals surface area contributed by atoms with E-state index in [9.17, 15) is 0 Å². The molecule has 0 radical (unpaired) electrons. The minimum absolute atomic E-state index is 0.00298. The van der Waals surface area contributed by atoms with Gasteiger partial charge < -0.3 is 4.90 Å². The average molecular weight is 804 g/mol. The number of rotatable bonds is 5. The molecule has 0 aliphatic heterocycles. The summed E-state index contributed by atoms with van der Waals surface area (Å²) in [6.07, 6.45) is 9.34. The van der Waals surface area contributed by atoms with E-state index in [1.54, 1.807) is 11.1 Å². The summed E-state index contributed by atoms with van der Waals surface area (Å²) in [5, 5.41) is 0. The van der Waals surface area contributed by atoms with Crippen LogP contribution in [0.5, 0.6) is 0 Å². The van der Waals surface area contributed by atoms with E-state index < -0.39 is 5.41 Å². The molecule has 14 rings (SSSR count). The van der Waals surface area contributed by atoms with Crippen LogP contribution < -0.4 is 4.90 Å². The highest BCUT2D eigenvalue weighted by Crippen LogP contribution is 2.70. The molecule has 1 heteroatoms. The van der Waals surface area contributed by atoms with Crippen molar-refractivity contribution in [1.29, 1.82) is 0 Å². The lowest BCUT2D eigenvalue weighted by Crippen LogP contribution is -2.55. The second-order valence-corrected chi connectivity index (χ2v) is 21.5. The van der Waals surface area contributed by atoms with Gasteiger partial charge in [-0.25, -0.2) is 0 Å². The van der Waals surface area contributed by atoms with Gasteiger partial charge in [-0.2, -0.15) is 0 Å². The monoisotopic (exact) mass is 803 g/mol. The molecule has 62 heavy (non-hydrogen) atoms. The molecule has 0 atom stereocenters. The lowest BCUT2D eigenvalue weighted by atomic mass is 9.43. The first kappa shape index (κ1) is 36.9. The molecule has 7 aliphatic carbocycles. The van der Waals surface area contributed by atoms with Crippen molar-refractivity contribution in [3.05, 3.63) is 208 Å². The molecule has 7 aromatic rings. The van der Waals surface area contributed by atoms with Crippen LogP contribution >= 0.6 is 0 Å². The largest absolute Gasteiger partial charge is 0.310 e. The van der Waals surface area contributed by atoms with E-state index in [-0.39, 0.29) is 16.2 Å². The Hall–Kier alpha value is -5.66. The summed E-state index contributed by atoms with van der Waals surface area (Å²) in [6.45, 7) is 9.96. The molecular formula is C61H57N. The van der Waals surface area contributed by atoms with Gasteiger partial charge >= 0.3 is 0 Å². The molecule has 1 spiro atoms. The summed E-state index contributed by atoms with van der Waals surface area (Å²) in [4.78, 5) is 2.75. The zero-order chi connectivity index (χ0) is 41.6. The molecule has 0 amide bonds. The van der Waals surface area contributed by atoms with Gasteiger partial charge in [-0.05, 0) is 165 Å². The predicted molar refractivity (Wildman–Crippen MR) is 257 cm³/mol. The summed E-state index contributed by atoms with van der Waals surface area (Å²) < 4.78 is 0. The molecular weight excluding hydrogens is 747 g/mol. The molecule has 0 aromatic heterocycles. The van der Waals surface area contributed by atoms with E-state index in [0.717, 1.165) is 18.3 Å². The Balaban J connectivity index is 1.12. The molecule has 4 bridgehead atoms. The first-order valence-corrected chi connectivity index (χ1v) is 23.7. The van der Waals surface area contributed by atoms with Crippen LogP contribution in [0.3, 0.4) is 0 Å². The first-order chi connectivity index (χ1) is 30.2. The molecule has 0 N–H and O–H groups in total. The first-order valence-electron chi connectivity index (χ1n) is 23.7. The molecule has 7 aromatic carbocycles. The molecule has 306 valence electrons. The Labute approximate surface area is 368 Å². The molecule has 0 heterocycles. The van der Waals surface area contributed by atoms with Crippen LogP contribution in [0.25, 0.3) is 22.3 Å². The van der Waals surface area contributed by atoms with Crippen molar-refractivity contribution in [2.24, 2.45) is 23.7 Å². The van der Waals surface area contributed by atoms with Gasteiger partial charge in [0.15, 0.2) is 0 Å². The number of fused-ring (bicyclic) bond motifs is 7. The predicted octanol–water partition coefficient (Wildman–Crippen LogP) is 15.6. The Morgan fingerprint density at radius 1 is 0.419 bits per heavy atom. The Morgan fingerprint density at radius 2 is 0.952 bits per heavy atom. The van der Waals surface area contributed by atoms with Crippen molar-refractivity contribution in [2.45, 2.75) is 94.3 Å². The topological polar surface area (TPSA) is 3.24 Å². The zero-order valence-electron chi connectivity index (χ0n) is 36.8. The Morgan fingerprint density at radius 3 is 1.63 bits per heavy atom. The van der Waals surface area contributed by atoms with Gasteiger partial charge in [0.2, 0.25) is 0 Å². The summed E-state index contributed by atoms with van der Waals surface area (Å²) in [5.74, 6) is 3.22. The van der Waals surface area contributed by atoms with Crippen LogP contribution in [0.15, 0.2) is 164 Å². The van der Waals surface area contributed by atoms with Gasteiger partial charge in [0.1, 0.15) is 0 Å². The van der Waals surface area contributed by atoms with Crippen LogP contribution in [-0.2, 0) is 21.7 Å². The van der Waals surface area contributed by atoms with Gasteiger partial charge in [-0.1, -0.05) is 167 Å². The zero-order valence-corrected chi connectivity index (χ0v) is 36.8. The summed E-state index contributed by atoms with van der Waals surface area (Å²) >= 11 is 0. The maximum absolute atomic E-state index is 2.75. The number of anilines is 3. The fraction of sp³-hybridized carbons (Fsp3) is 0.311. The van der Waals surface area contributed by atoms with E-state index in [4.69, 9.17) is 0 Å². The highest BCUT2D eigenvalue weighted by molar-refractivity contribution is 5.98. The SMILES string of the molecule is CC1(C)CCC(C)(C)c2c(N(c3ccc4c(c3)C3(c5ccccc5-4)C4CC5CC(C4)CC3C5)c3cccc4c3-c3ccccc3C4(c3ccccc3)c3ccccc3)cccc21. The standard InChI is InChI=1S/C61H57N/c1-58(2)31-32-59(3,4)57-52(58)26-16-28-55(57)62(45-29-30-47-46-21-11-13-23-49(46)61(53(47)38-45)43-34-39-33-40(36-43)37-44(61)35-39)54-27-15-25-51-56(54)48-22-12-14-24-50(48)60(51,41-17-7-5-8-18-41)42-19-9-6-10-20-42/h5-30,38-40,43-44H,31-37H2,1-4H3. The number of benzene rings is 7. The molecule has 0 unspecified atom stereocenters. The van der Waals surface area contributed by atoms with Crippen LogP contribution in [0.1, 0.15) is 117 Å². The number of nitrogens with zero attached hydrogens (tertiary/aromatic N) is 1. The van der Waals surface area contributed by atoms with E-state index in [2.05, 4.69) is 196 Å². The minimum Gasteiger partial charge on any atom is -0.310 e. The van der Waals surface area contributed by atoms with Crippen LogP contribution in [0.4, 0.5) is 17.1 Å². The van der Waals surface area contributed by atoms with E-state index in [1.807, 2.05) is 0 Å². The lowest BCUT2D eigenvalue weighted by molar-refractivity contribution is -0.0399. The Kier molecular flexibility index (Phi) is 7.72. The maximum Gasteiger partial charge on any atom is 0.0714 e. The molecule has 7 aliphatic rings. The second kappa shape index (κ2) is 12.9. The van der Waals surface area contributed by atoms with Crippen molar-refractivity contribution in [3.63, 3.8) is 0 Å². The van der Waals surface area contributed by atoms with Crippen molar-refractivity contribution in [1.82, 2.24) is 0 Å². The third-order valence-corrected chi connectivity index (χ3v) is 17.6. The molecule has 0 saturated heterocycles. The Bertz CT molecular complexity index is 2860. The van der Waals surface area contributed by atoms with Gasteiger partial charge in [0.25, 0.3) is 0 Å². The van der Waals surface area contributed by atoms with Gasteiger partial charge in [0.05, 0.1) is 16.8 Å². The van der Waals surface area contributed by atoms with Gasteiger partial charge in [0, 0.05) is 16.7 Å². The van der Waals surface area contributed by atoms with E-state index in [0.29, 0.717) is 11.8 Å². The second-order valence-electron chi connectivity index (χ2n) is 21.5. The van der Waals surface area contributed by atoms with Crippen molar-refractivity contribution in [3.8, 4) is 22.3 Å². The van der Waals surface area contributed by atoms with Crippen LogP contribution in [0.2, 0.25) is 0 Å². The quantitative estimate of drug-likeness (QED) is 0.168. The summed E-state index contributed by atoms with van der Waals surface area (Å²) in [5.41, 5.74) is 20.8. The van der Waals surface area contributed by atoms with E-state index in [1.165, 1.54) is 111 Å². The third-order valence-electron chi connectivity index (χ3n) is 17.6. The highest BCUT2D eigenvalue weighted by atomic mass is 15.2. The van der Waals surface area contributed by atoms with Gasteiger partial charge in [-0.15, -0.1) is 0 Å². The fourth-order valence-corrected chi connectivity index (χ4v) is 15.2. The lowest BCUT2D eigenvalue weighted by Gasteiger charge is -2.61. The number of hydrogen-bond acceptors (Lipinski definition) is 1. The summed E-state index contributed by atoms with van der Waals surface area (Å²) in [7, 11) is 0. The van der Waals surface area contributed by atoms with Crippen LogP contribution in [-0.4, -0.2) is 0 Å². The van der Waals surface area contributed by atoms with Crippen LogP contribution in [0, 0.1) is 23.7 Å². The van der Waals surface area contributed by atoms with Crippen molar-refractivity contribution < 1.29 is 0 Å². The minimum atomic E-state index is -0.475. The normalized spacial score (nSPS) is 25.7. The highest BCUT2D eigenvalue weighted by Gasteiger charge is 2.61. The average Bonchev–Trinajstić information content (AvgIpc) is 3.76. The fourth-order valence-electron chi connectivity index (χ4n) is 15.2. The molecule has 4 fully saturated rings. The van der Waals surface area contributed by atoms with Crippen molar-refractivity contribution in [2.75, 3.05) is 4.90 Å². The van der Waals surface area contributed by atoms with E-state index >= 15 is 0 Å². The smallest absolute Gasteiger partial charge is 0.0714 e. The molecule has 1 nitrogen and oxygen atoms in total. The summed E-state index contributed by atoms with van der Waals surface area (Å²) in [6, 6.07) is 63.8. The number of hydrogen-bond donors (Lipinski definition) is 0. The maximum atomic E-state index is 2.75.